The van der Waals surface area contributed by atoms with Gasteiger partial charge in [-0.1, -0.05) is 47.3 Å². The maximum Gasteiger partial charge on any atom is 0.438 e. The first-order chi connectivity index (χ1) is 11.7. The summed E-state index contributed by atoms with van der Waals surface area (Å²) in [5.74, 6) is -0.0360. The zero-order valence-electron chi connectivity index (χ0n) is 12.4. The summed E-state index contributed by atoms with van der Waals surface area (Å²) in [6.07, 6.45) is 0.488. The van der Waals surface area contributed by atoms with Crippen LogP contribution in [-0.2, 0) is 12.2 Å². The molecule has 0 aliphatic heterocycles. The summed E-state index contributed by atoms with van der Waals surface area (Å²) in [6.45, 7) is 0. The lowest BCUT2D eigenvalue weighted by Crippen LogP contribution is -2.11. The van der Waals surface area contributed by atoms with Crippen molar-refractivity contribution in [1.82, 2.24) is 15.1 Å². The lowest BCUT2D eigenvalue weighted by molar-refractivity contribution is 0.383. The zero-order chi connectivity index (χ0) is 16.9. The van der Waals surface area contributed by atoms with Crippen molar-refractivity contribution in [3.63, 3.8) is 0 Å². The third kappa shape index (κ3) is 3.64. The van der Waals surface area contributed by atoms with Crippen LogP contribution in [0.4, 0.5) is 0 Å². The van der Waals surface area contributed by atoms with Crippen LogP contribution < -0.4 is 11.3 Å². The predicted molar refractivity (Wildman–Crippen MR) is 87.7 cm³/mol. The van der Waals surface area contributed by atoms with Crippen LogP contribution in [0.3, 0.4) is 0 Å². The van der Waals surface area contributed by atoms with Gasteiger partial charge in [0.15, 0.2) is 5.82 Å². The maximum atomic E-state index is 11.9. The SMILES string of the molecule is N#Cc1c(Cc2ccccc2)cc(=O)[nH]c1SCc1noc(=O)[nH]1. The molecule has 3 aromatic rings. The Labute approximate surface area is 140 Å². The van der Waals surface area contributed by atoms with Gasteiger partial charge in [0.1, 0.15) is 6.07 Å². The molecule has 2 aromatic heterocycles. The Morgan fingerprint density at radius 2 is 2.00 bits per heavy atom. The van der Waals surface area contributed by atoms with Gasteiger partial charge >= 0.3 is 5.76 Å². The van der Waals surface area contributed by atoms with Gasteiger partial charge in [0.25, 0.3) is 0 Å². The van der Waals surface area contributed by atoms with Crippen molar-refractivity contribution < 1.29 is 4.52 Å². The number of nitrogens with zero attached hydrogens (tertiary/aromatic N) is 2. The first kappa shape index (κ1) is 15.8. The molecule has 0 saturated heterocycles. The number of benzene rings is 1. The van der Waals surface area contributed by atoms with Crippen molar-refractivity contribution in [2.75, 3.05) is 0 Å². The molecule has 0 bridgehead atoms. The van der Waals surface area contributed by atoms with Crippen LogP contribution in [0.5, 0.6) is 0 Å². The minimum Gasteiger partial charge on any atom is -0.316 e. The second kappa shape index (κ2) is 7.02. The third-order valence-electron chi connectivity index (χ3n) is 3.28. The fraction of sp³-hybridized carbons (Fsp3) is 0.125. The average Bonchev–Trinajstić information content (AvgIpc) is 2.99. The molecule has 0 unspecified atom stereocenters. The Hall–Kier alpha value is -3.05. The van der Waals surface area contributed by atoms with Crippen LogP contribution in [0, 0.1) is 11.3 Å². The van der Waals surface area contributed by atoms with Gasteiger partial charge in [-0.05, 0) is 17.5 Å². The predicted octanol–water partition coefficient (Wildman–Crippen LogP) is 1.81. The van der Waals surface area contributed by atoms with E-state index in [1.54, 1.807) is 0 Å². The quantitative estimate of drug-likeness (QED) is 0.684. The number of nitriles is 1. The fourth-order valence-electron chi connectivity index (χ4n) is 2.24. The van der Waals surface area contributed by atoms with E-state index in [2.05, 4.69) is 25.7 Å². The van der Waals surface area contributed by atoms with E-state index in [1.165, 1.54) is 17.8 Å². The van der Waals surface area contributed by atoms with Gasteiger partial charge in [-0.3, -0.25) is 14.3 Å². The van der Waals surface area contributed by atoms with Gasteiger partial charge < -0.3 is 4.98 Å². The summed E-state index contributed by atoms with van der Waals surface area (Å²) in [5, 5.41) is 13.5. The number of hydrogen-bond donors (Lipinski definition) is 2. The molecular formula is C16H12N4O3S. The van der Waals surface area contributed by atoms with Crippen molar-refractivity contribution in [3.05, 3.63) is 79.8 Å². The highest BCUT2D eigenvalue weighted by atomic mass is 32.2. The topological polar surface area (TPSA) is 116 Å². The molecule has 0 fully saturated rings. The molecule has 120 valence electrons. The number of thioether (sulfide) groups is 1. The summed E-state index contributed by atoms with van der Waals surface area (Å²) in [6, 6.07) is 13.2. The van der Waals surface area contributed by atoms with E-state index in [0.29, 0.717) is 28.4 Å². The molecule has 0 amide bonds. The average molecular weight is 340 g/mol. The van der Waals surface area contributed by atoms with Gasteiger partial charge in [0.2, 0.25) is 5.56 Å². The molecule has 8 heteroatoms. The highest BCUT2D eigenvalue weighted by Crippen LogP contribution is 2.25. The van der Waals surface area contributed by atoms with Gasteiger partial charge in [0.05, 0.1) is 16.3 Å². The van der Waals surface area contributed by atoms with E-state index in [4.69, 9.17) is 0 Å². The molecule has 2 heterocycles. The van der Waals surface area contributed by atoms with Crippen LogP contribution in [0.25, 0.3) is 0 Å². The molecular weight excluding hydrogens is 328 g/mol. The number of nitrogens with one attached hydrogen (secondary N) is 2. The Bertz CT molecular complexity index is 998. The molecule has 0 radical (unpaired) electrons. The Balaban J connectivity index is 1.90. The number of aromatic nitrogens is 3. The van der Waals surface area contributed by atoms with Crippen molar-refractivity contribution in [1.29, 1.82) is 5.26 Å². The highest BCUT2D eigenvalue weighted by Gasteiger charge is 2.13. The minimum absolute atomic E-state index is 0.269. The van der Waals surface area contributed by atoms with Gasteiger partial charge in [-0.15, -0.1) is 0 Å². The lowest BCUT2D eigenvalue weighted by atomic mass is 10.0. The van der Waals surface area contributed by atoms with Crippen LogP contribution in [-0.4, -0.2) is 15.1 Å². The van der Waals surface area contributed by atoms with Gasteiger partial charge in [0, 0.05) is 6.07 Å². The summed E-state index contributed by atoms with van der Waals surface area (Å²) in [7, 11) is 0. The number of aromatic amines is 2. The number of pyridine rings is 1. The first-order valence-corrected chi connectivity index (χ1v) is 8.02. The Morgan fingerprint density at radius 3 is 2.67 bits per heavy atom. The first-order valence-electron chi connectivity index (χ1n) is 7.03. The van der Waals surface area contributed by atoms with E-state index < -0.39 is 5.76 Å². The zero-order valence-corrected chi connectivity index (χ0v) is 13.2. The molecule has 0 spiro atoms. The molecule has 0 saturated carbocycles. The Morgan fingerprint density at radius 1 is 1.21 bits per heavy atom. The van der Waals surface area contributed by atoms with Crippen LogP contribution in [0.2, 0.25) is 0 Å². The van der Waals surface area contributed by atoms with E-state index in [-0.39, 0.29) is 11.3 Å². The van der Waals surface area contributed by atoms with E-state index >= 15 is 0 Å². The summed E-state index contributed by atoms with van der Waals surface area (Å²) >= 11 is 1.21. The van der Waals surface area contributed by atoms with Gasteiger partial charge in [-0.25, -0.2) is 4.79 Å². The van der Waals surface area contributed by atoms with Crippen LogP contribution in [0.1, 0.15) is 22.5 Å². The monoisotopic (exact) mass is 340 g/mol. The summed E-state index contributed by atoms with van der Waals surface area (Å²) in [4.78, 5) is 27.9. The standard InChI is InChI=1S/C16H12N4O3S/c17-8-12-11(6-10-4-2-1-3-5-10)7-14(21)19-15(12)24-9-13-18-16(22)23-20-13/h1-5,7H,6,9H2,(H,19,21)(H,18,20,22). The minimum atomic E-state index is -0.641. The second-order valence-corrected chi connectivity index (χ2v) is 5.95. The molecule has 0 atom stereocenters. The molecule has 7 nitrogen and oxygen atoms in total. The Kier molecular flexibility index (Phi) is 4.63. The molecule has 0 aliphatic rings. The summed E-state index contributed by atoms with van der Waals surface area (Å²) in [5.41, 5.74) is 1.80. The van der Waals surface area contributed by atoms with Crippen LogP contribution >= 0.6 is 11.8 Å². The molecule has 1 aromatic carbocycles. The van der Waals surface area contributed by atoms with Crippen molar-refractivity contribution in [2.24, 2.45) is 0 Å². The van der Waals surface area contributed by atoms with E-state index in [9.17, 15) is 14.9 Å². The van der Waals surface area contributed by atoms with Crippen molar-refractivity contribution in [2.45, 2.75) is 17.2 Å². The largest absolute Gasteiger partial charge is 0.438 e. The number of H-pyrrole nitrogens is 2. The highest BCUT2D eigenvalue weighted by molar-refractivity contribution is 7.98. The smallest absolute Gasteiger partial charge is 0.316 e. The van der Waals surface area contributed by atoms with E-state index in [0.717, 1.165) is 5.56 Å². The van der Waals surface area contributed by atoms with Crippen LogP contribution in [0.15, 0.2) is 55.5 Å². The summed E-state index contributed by atoms with van der Waals surface area (Å²) < 4.78 is 4.42. The normalized spacial score (nSPS) is 10.5. The molecule has 2 N–H and O–H groups in total. The van der Waals surface area contributed by atoms with Crippen molar-refractivity contribution in [3.8, 4) is 6.07 Å². The second-order valence-electron chi connectivity index (χ2n) is 4.97. The van der Waals surface area contributed by atoms with Crippen molar-refractivity contribution >= 4 is 11.8 Å². The maximum absolute atomic E-state index is 11.9. The van der Waals surface area contributed by atoms with Gasteiger partial charge in [-0.2, -0.15) is 5.26 Å². The van der Waals surface area contributed by atoms with E-state index in [1.807, 2.05) is 30.3 Å². The fourth-order valence-corrected chi connectivity index (χ4v) is 3.14. The number of rotatable bonds is 5. The molecule has 0 aliphatic carbocycles. The number of hydrogen-bond acceptors (Lipinski definition) is 6. The third-order valence-corrected chi connectivity index (χ3v) is 4.29. The molecule has 3 rings (SSSR count). The molecule has 24 heavy (non-hydrogen) atoms. The lowest BCUT2D eigenvalue weighted by Gasteiger charge is -2.08.